The van der Waals surface area contributed by atoms with Crippen molar-refractivity contribution < 1.29 is 9.90 Å². The molecule has 2 aromatic carbocycles. The van der Waals surface area contributed by atoms with E-state index in [-0.39, 0.29) is 16.3 Å². The molecule has 0 aliphatic heterocycles. The van der Waals surface area contributed by atoms with Gasteiger partial charge in [0.2, 0.25) is 0 Å². The lowest BCUT2D eigenvalue weighted by Gasteiger charge is -2.08. The van der Waals surface area contributed by atoms with Crippen molar-refractivity contribution in [1.82, 2.24) is 0 Å². The van der Waals surface area contributed by atoms with Crippen molar-refractivity contribution in [2.24, 2.45) is 0 Å². The van der Waals surface area contributed by atoms with Gasteiger partial charge in [0.25, 0.3) is 5.91 Å². The molecule has 1 amide bonds. The summed E-state index contributed by atoms with van der Waals surface area (Å²) < 4.78 is 0. The van der Waals surface area contributed by atoms with Crippen LogP contribution in [0.5, 0.6) is 5.75 Å². The Bertz CT molecular complexity index is 677. The summed E-state index contributed by atoms with van der Waals surface area (Å²) in [4.78, 5) is 11.9. The highest BCUT2D eigenvalue weighted by Crippen LogP contribution is 2.24. The number of phenolic OH excluding ortho intramolecular Hbond substituents is 1. The number of aromatic hydroxyl groups is 1. The van der Waals surface area contributed by atoms with Crippen LogP contribution in [0.25, 0.3) is 0 Å². The number of amides is 1. The summed E-state index contributed by atoms with van der Waals surface area (Å²) in [6.07, 6.45) is 0. The van der Waals surface area contributed by atoms with E-state index in [1.54, 1.807) is 24.3 Å². The maximum atomic E-state index is 11.9. The van der Waals surface area contributed by atoms with E-state index >= 15 is 0 Å². The molecule has 2 aromatic rings. The van der Waals surface area contributed by atoms with Gasteiger partial charge in [0.1, 0.15) is 5.75 Å². The van der Waals surface area contributed by atoms with Crippen molar-refractivity contribution in [3.8, 4) is 11.8 Å². The molecule has 0 saturated carbocycles. The number of phenols is 1. The minimum atomic E-state index is -0.468. The monoisotopic (exact) mass is 272 g/mol. The van der Waals surface area contributed by atoms with E-state index < -0.39 is 5.91 Å². The van der Waals surface area contributed by atoms with Crippen molar-refractivity contribution in [3.63, 3.8) is 0 Å². The van der Waals surface area contributed by atoms with Crippen LogP contribution in [0, 0.1) is 11.3 Å². The Hall–Kier alpha value is -2.51. The van der Waals surface area contributed by atoms with Gasteiger partial charge in [-0.3, -0.25) is 4.79 Å². The number of para-hydroxylation sites is 1. The third kappa shape index (κ3) is 2.84. The molecule has 0 atom stereocenters. The molecular weight excluding hydrogens is 264 g/mol. The van der Waals surface area contributed by atoms with E-state index in [1.165, 1.54) is 18.2 Å². The molecule has 0 aliphatic rings. The third-order valence-electron chi connectivity index (χ3n) is 2.50. The summed E-state index contributed by atoms with van der Waals surface area (Å²) in [6.45, 7) is 0. The van der Waals surface area contributed by atoms with Gasteiger partial charge in [-0.2, -0.15) is 5.26 Å². The molecule has 0 bridgehead atoms. The van der Waals surface area contributed by atoms with Crippen LogP contribution in [0.15, 0.2) is 42.5 Å². The zero-order valence-corrected chi connectivity index (χ0v) is 10.5. The fourth-order valence-corrected chi connectivity index (χ4v) is 1.77. The van der Waals surface area contributed by atoms with Crippen molar-refractivity contribution in [2.45, 2.75) is 0 Å². The Morgan fingerprint density at radius 3 is 2.63 bits per heavy atom. The molecule has 0 fully saturated rings. The maximum absolute atomic E-state index is 11.9. The van der Waals surface area contributed by atoms with Gasteiger partial charge in [-0.1, -0.05) is 23.7 Å². The second kappa shape index (κ2) is 5.42. The quantitative estimate of drug-likeness (QED) is 0.882. The lowest BCUT2D eigenvalue weighted by Crippen LogP contribution is -2.12. The summed E-state index contributed by atoms with van der Waals surface area (Å²) in [7, 11) is 0. The third-order valence-corrected chi connectivity index (χ3v) is 2.81. The summed E-state index contributed by atoms with van der Waals surface area (Å²) in [6, 6.07) is 12.7. The van der Waals surface area contributed by atoms with E-state index in [9.17, 15) is 9.90 Å². The number of nitrogens with zero attached hydrogens (tertiary/aromatic N) is 1. The Kier molecular flexibility index (Phi) is 3.69. The number of halogens is 1. The fourth-order valence-electron chi connectivity index (χ4n) is 1.54. The molecule has 5 heteroatoms. The topological polar surface area (TPSA) is 73.1 Å². The summed E-state index contributed by atoms with van der Waals surface area (Å²) in [5.41, 5.74) is 0.947. The average Bonchev–Trinajstić information content (AvgIpc) is 2.41. The fraction of sp³-hybridized carbons (Fsp3) is 0. The largest absolute Gasteiger partial charge is 0.507 e. The molecule has 2 rings (SSSR count). The van der Waals surface area contributed by atoms with Gasteiger partial charge in [0.05, 0.1) is 27.9 Å². The number of nitrogens with one attached hydrogen (secondary N) is 1. The van der Waals surface area contributed by atoms with Gasteiger partial charge < -0.3 is 10.4 Å². The summed E-state index contributed by atoms with van der Waals surface area (Å²) >= 11 is 5.95. The number of carbonyl (C=O) groups is 1. The van der Waals surface area contributed by atoms with Gasteiger partial charge in [-0.25, -0.2) is 0 Å². The summed E-state index contributed by atoms with van der Waals surface area (Å²) in [5.74, 6) is -0.575. The molecule has 0 spiro atoms. The number of hydrogen-bond acceptors (Lipinski definition) is 3. The first kappa shape index (κ1) is 12.9. The van der Waals surface area contributed by atoms with Gasteiger partial charge in [-0.15, -0.1) is 0 Å². The van der Waals surface area contributed by atoms with Crippen LogP contribution in [-0.4, -0.2) is 11.0 Å². The van der Waals surface area contributed by atoms with Crippen LogP contribution in [0.2, 0.25) is 5.02 Å². The van der Waals surface area contributed by atoms with Crippen LogP contribution in [-0.2, 0) is 0 Å². The average molecular weight is 273 g/mol. The normalized spacial score (nSPS) is 9.68. The molecular formula is C14H9ClN2O2. The second-order valence-corrected chi connectivity index (χ2v) is 4.18. The SMILES string of the molecule is N#Cc1ccc(NC(=O)c2ccccc2O)c(Cl)c1. The smallest absolute Gasteiger partial charge is 0.259 e. The first-order valence-electron chi connectivity index (χ1n) is 5.41. The Labute approximate surface area is 114 Å². The van der Waals surface area contributed by atoms with Crippen LogP contribution in [0.1, 0.15) is 15.9 Å². The Morgan fingerprint density at radius 1 is 1.26 bits per heavy atom. The standard InChI is InChI=1S/C14H9ClN2O2/c15-11-7-9(8-16)5-6-12(11)17-14(19)10-3-1-2-4-13(10)18/h1-7,18H,(H,17,19). The highest BCUT2D eigenvalue weighted by Gasteiger charge is 2.12. The van der Waals surface area contributed by atoms with E-state index in [2.05, 4.69) is 5.32 Å². The minimum absolute atomic E-state index is 0.107. The molecule has 19 heavy (non-hydrogen) atoms. The molecule has 0 heterocycles. The molecule has 0 aliphatic carbocycles. The van der Waals surface area contributed by atoms with Crippen LogP contribution < -0.4 is 5.32 Å². The molecule has 2 N–H and O–H groups in total. The zero-order valence-electron chi connectivity index (χ0n) is 9.72. The number of nitriles is 1. The first-order chi connectivity index (χ1) is 9.11. The lowest BCUT2D eigenvalue weighted by molar-refractivity contribution is 0.102. The maximum Gasteiger partial charge on any atom is 0.259 e. The van der Waals surface area contributed by atoms with Gasteiger partial charge in [-0.05, 0) is 30.3 Å². The number of carbonyl (C=O) groups excluding carboxylic acids is 1. The molecule has 0 radical (unpaired) electrons. The zero-order chi connectivity index (χ0) is 13.8. The molecule has 94 valence electrons. The van der Waals surface area contributed by atoms with Crippen LogP contribution >= 0.6 is 11.6 Å². The molecule has 0 aromatic heterocycles. The highest BCUT2D eigenvalue weighted by molar-refractivity contribution is 6.34. The number of hydrogen-bond donors (Lipinski definition) is 2. The molecule has 4 nitrogen and oxygen atoms in total. The lowest BCUT2D eigenvalue weighted by atomic mass is 10.1. The van der Waals surface area contributed by atoms with E-state index in [4.69, 9.17) is 16.9 Å². The number of rotatable bonds is 2. The van der Waals surface area contributed by atoms with Gasteiger partial charge in [0.15, 0.2) is 0 Å². The summed E-state index contributed by atoms with van der Waals surface area (Å²) in [5, 5.41) is 21.1. The van der Waals surface area contributed by atoms with Crippen LogP contribution in [0.4, 0.5) is 5.69 Å². The first-order valence-corrected chi connectivity index (χ1v) is 5.78. The number of anilines is 1. The Morgan fingerprint density at radius 2 is 2.00 bits per heavy atom. The van der Waals surface area contributed by atoms with E-state index in [0.29, 0.717) is 11.3 Å². The minimum Gasteiger partial charge on any atom is -0.507 e. The Balaban J connectivity index is 2.25. The van der Waals surface area contributed by atoms with Crippen molar-refractivity contribution in [3.05, 3.63) is 58.6 Å². The number of benzene rings is 2. The van der Waals surface area contributed by atoms with E-state index in [1.807, 2.05) is 6.07 Å². The van der Waals surface area contributed by atoms with Crippen molar-refractivity contribution in [2.75, 3.05) is 5.32 Å². The van der Waals surface area contributed by atoms with Crippen molar-refractivity contribution in [1.29, 1.82) is 5.26 Å². The van der Waals surface area contributed by atoms with E-state index in [0.717, 1.165) is 0 Å². The second-order valence-electron chi connectivity index (χ2n) is 3.78. The van der Waals surface area contributed by atoms with Crippen molar-refractivity contribution >= 4 is 23.2 Å². The molecule has 0 saturated heterocycles. The van der Waals surface area contributed by atoms with Crippen LogP contribution in [0.3, 0.4) is 0 Å². The molecule has 0 unspecified atom stereocenters. The highest BCUT2D eigenvalue weighted by atomic mass is 35.5. The predicted octanol–water partition coefficient (Wildman–Crippen LogP) is 3.17. The predicted molar refractivity (Wildman–Crippen MR) is 72.2 cm³/mol. The van der Waals surface area contributed by atoms with Gasteiger partial charge >= 0.3 is 0 Å². The van der Waals surface area contributed by atoms with Gasteiger partial charge in [0, 0.05) is 0 Å².